The Labute approximate surface area is 96.2 Å². The Kier molecular flexibility index (Phi) is 5.66. The second-order valence-electron chi connectivity index (χ2n) is 6.27. The van der Waals surface area contributed by atoms with Crippen LogP contribution < -0.4 is 0 Å². The number of likely N-dealkylation sites (tertiary alicyclic amines) is 1. The fourth-order valence-corrected chi connectivity index (χ4v) is 2.37. The maximum Gasteiger partial charge on any atom is -0.00185 e. The highest BCUT2D eigenvalue weighted by Crippen LogP contribution is 2.21. The Bertz CT molecular complexity index is 149. The zero-order valence-electron chi connectivity index (χ0n) is 11.0. The Morgan fingerprint density at radius 1 is 0.867 bits per heavy atom. The number of rotatable bonds is 3. The molecule has 1 saturated heterocycles. The van der Waals surface area contributed by atoms with Gasteiger partial charge in [-0.3, -0.25) is 0 Å². The Hall–Kier alpha value is -0.0400. The lowest BCUT2D eigenvalue weighted by Gasteiger charge is -2.26. The molecule has 0 spiro atoms. The van der Waals surface area contributed by atoms with Crippen molar-refractivity contribution in [3.05, 3.63) is 0 Å². The van der Waals surface area contributed by atoms with Crippen molar-refractivity contribution >= 4 is 0 Å². The quantitative estimate of drug-likeness (QED) is 0.680. The number of hydrogen-bond donors (Lipinski definition) is 0. The van der Waals surface area contributed by atoms with Gasteiger partial charge in [-0.05, 0) is 50.7 Å². The van der Waals surface area contributed by atoms with Crippen LogP contribution in [-0.2, 0) is 0 Å². The van der Waals surface area contributed by atoms with Gasteiger partial charge in [0, 0.05) is 0 Å². The van der Waals surface area contributed by atoms with Gasteiger partial charge >= 0.3 is 0 Å². The molecule has 0 aromatic heterocycles. The number of hydrogen-bond acceptors (Lipinski definition) is 1. The zero-order valence-corrected chi connectivity index (χ0v) is 11.0. The predicted molar refractivity (Wildman–Crippen MR) is 68.2 cm³/mol. The molecule has 1 aliphatic rings. The summed E-state index contributed by atoms with van der Waals surface area (Å²) in [6, 6.07) is 0. The van der Waals surface area contributed by atoms with Crippen LogP contribution in [0.2, 0.25) is 0 Å². The van der Waals surface area contributed by atoms with E-state index in [0.717, 1.165) is 0 Å². The molecule has 1 rings (SSSR count). The molecule has 0 N–H and O–H groups in total. The highest BCUT2D eigenvalue weighted by atomic mass is 15.1. The van der Waals surface area contributed by atoms with Crippen molar-refractivity contribution in [2.75, 3.05) is 19.6 Å². The fourth-order valence-electron chi connectivity index (χ4n) is 2.37. The van der Waals surface area contributed by atoms with Crippen LogP contribution in [0.3, 0.4) is 0 Å². The van der Waals surface area contributed by atoms with Gasteiger partial charge in [0.1, 0.15) is 0 Å². The molecular formula is C14H29N. The van der Waals surface area contributed by atoms with Crippen molar-refractivity contribution < 1.29 is 0 Å². The Balaban J connectivity index is 2.12. The van der Waals surface area contributed by atoms with Crippen LogP contribution in [0, 0.1) is 5.41 Å². The van der Waals surface area contributed by atoms with Crippen LogP contribution in [0.5, 0.6) is 0 Å². The summed E-state index contributed by atoms with van der Waals surface area (Å²) in [5.41, 5.74) is 0.517. The molecule has 90 valence electrons. The minimum atomic E-state index is 0.517. The van der Waals surface area contributed by atoms with E-state index in [1.807, 2.05) is 0 Å². The minimum Gasteiger partial charge on any atom is -0.303 e. The molecule has 0 atom stereocenters. The average molecular weight is 211 g/mol. The monoisotopic (exact) mass is 211 g/mol. The van der Waals surface area contributed by atoms with Gasteiger partial charge in [-0.2, -0.15) is 0 Å². The van der Waals surface area contributed by atoms with Crippen LogP contribution >= 0.6 is 0 Å². The largest absolute Gasteiger partial charge is 0.303 e. The second-order valence-corrected chi connectivity index (χ2v) is 6.27. The first kappa shape index (κ1) is 13.0. The summed E-state index contributed by atoms with van der Waals surface area (Å²) in [5, 5.41) is 0. The molecule has 0 amide bonds. The van der Waals surface area contributed by atoms with Crippen molar-refractivity contribution in [1.82, 2.24) is 4.90 Å². The molecule has 0 aliphatic carbocycles. The fraction of sp³-hybridized carbons (Fsp3) is 1.00. The van der Waals surface area contributed by atoms with Crippen LogP contribution in [0.15, 0.2) is 0 Å². The maximum atomic E-state index is 2.69. The summed E-state index contributed by atoms with van der Waals surface area (Å²) >= 11 is 0. The van der Waals surface area contributed by atoms with E-state index in [-0.39, 0.29) is 0 Å². The van der Waals surface area contributed by atoms with Gasteiger partial charge in [-0.15, -0.1) is 0 Å². The molecule has 1 heterocycles. The van der Waals surface area contributed by atoms with Crippen LogP contribution in [0.25, 0.3) is 0 Å². The third-order valence-corrected chi connectivity index (χ3v) is 3.35. The van der Waals surface area contributed by atoms with Crippen molar-refractivity contribution in [2.45, 2.75) is 65.7 Å². The van der Waals surface area contributed by atoms with Crippen LogP contribution in [0.4, 0.5) is 0 Å². The molecule has 0 aromatic carbocycles. The highest BCUT2D eigenvalue weighted by molar-refractivity contribution is 4.66. The summed E-state index contributed by atoms with van der Waals surface area (Å²) in [6.45, 7) is 11.1. The van der Waals surface area contributed by atoms with E-state index in [9.17, 15) is 0 Å². The van der Waals surface area contributed by atoms with Gasteiger partial charge in [0.2, 0.25) is 0 Å². The molecule has 1 heteroatoms. The van der Waals surface area contributed by atoms with E-state index in [2.05, 4.69) is 25.7 Å². The molecule has 15 heavy (non-hydrogen) atoms. The lowest BCUT2D eigenvalue weighted by Crippen LogP contribution is -2.29. The smallest absolute Gasteiger partial charge is 0.00185 e. The molecule has 0 saturated carbocycles. The third kappa shape index (κ3) is 6.94. The first-order valence-corrected chi connectivity index (χ1v) is 6.80. The molecular weight excluding hydrogens is 182 g/mol. The van der Waals surface area contributed by atoms with Gasteiger partial charge in [0.25, 0.3) is 0 Å². The van der Waals surface area contributed by atoms with Crippen molar-refractivity contribution in [3.8, 4) is 0 Å². The summed E-state index contributed by atoms with van der Waals surface area (Å²) in [7, 11) is 0. The summed E-state index contributed by atoms with van der Waals surface area (Å²) in [6.07, 6.45) is 9.97. The molecule has 0 radical (unpaired) electrons. The second kappa shape index (κ2) is 6.52. The van der Waals surface area contributed by atoms with E-state index < -0.39 is 0 Å². The van der Waals surface area contributed by atoms with E-state index in [4.69, 9.17) is 0 Å². The SMILES string of the molecule is CC(C)(C)CCCN1CCCCCCC1. The topological polar surface area (TPSA) is 3.24 Å². The van der Waals surface area contributed by atoms with E-state index in [0.29, 0.717) is 5.41 Å². The first-order chi connectivity index (χ1) is 7.08. The standard InChI is InChI=1S/C14H29N/c1-14(2,3)10-9-13-15-11-7-5-4-6-8-12-15/h4-13H2,1-3H3. The lowest BCUT2D eigenvalue weighted by atomic mass is 9.90. The van der Waals surface area contributed by atoms with Gasteiger partial charge in [-0.25, -0.2) is 0 Å². The Morgan fingerprint density at radius 2 is 1.40 bits per heavy atom. The summed E-state index contributed by atoms with van der Waals surface area (Å²) in [4.78, 5) is 2.69. The van der Waals surface area contributed by atoms with Gasteiger partial charge in [-0.1, -0.05) is 40.0 Å². The van der Waals surface area contributed by atoms with Crippen LogP contribution in [0.1, 0.15) is 65.7 Å². The van der Waals surface area contributed by atoms with Crippen molar-refractivity contribution in [3.63, 3.8) is 0 Å². The third-order valence-electron chi connectivity index (χ3n) is 3.35. The molecule has 0 unspecified atom stereocenters. The van der Waals surface area contributed by atoms with Crippen molar-refractivity contribution in [1.29, 1.82) is 0 Å². The van der Waals surface area contributed by atoms with Crippen LogP contribution in [-0.4, -0.2) is 24.5 Å². The molecule has 1 fully saturated rings. The van der Waals surface area contributed by atoms with Crippen molar-refractivity contribution in [2.24, 2.45) is 5.41 Å². The lowest BCUT2D eigenvalue weighted by molar-refractivity contribution is 0.228. The van der Waals surface area contributed by atoms with Gasteiger partial charge in [0.05, 0.1) is 0 Å². The van der Waals surface area contributed by atoms with E-state index in [1.165, 1.54) is 64.6 Å². The number of nitrogens with zero attached hydrogens (tertiary/aromatic N) is 1. The van der Waals surface area contributed by atoms with E-state index in [1.54, 1.807) is 0 Å². The normalized spacial score (nSPS) is 21.0. The summed E-state index contributed by atoms with van der Waals surface area (Å²) < 4.78 is 0. The average Bonchev–Trinajstić information content (AvgIpc) is 2.06. The molecule has 1 nitrogen and oxygen atoms in total. The van der Waals surface area contributed by atoms with E-state index >= 15 is 0 Å². The maximum absolute atomic E-state index is 2.69. The molecule has 1 aliphatic heterocycles. The Morgan fingerprint density at radius 3 is 1.93 bits per heavy atom. The summed E-state index contributed by atoms with van der Waals surface area (Å²) in [5.74, 6) is 0. The predicted octanol–water partition coefficient (Wildman–Crippen LogP) is 4.08. The van der Waals surface area contributed by atoms with Gasteiger partial charge in [0.15, 0.2) is 0 Å². The molecule has 0 bridgehead atoms. The highest BCUT2D eigenvalue weighted by Gasteiger charge is 2.12. The minimum absolute atomic E-state index is 0.517. The molecule has 0 aromatic rings. The first-order valence-electron chi connectivity index (χ1n) is 6.80. The zero-order chi connectivity index (χ0) is 11.1. The van der Waals surface area contributed by atoms with Gasteiger partial charge < -0.3 is 4.90 Å².